The van der Waals surface area contributed by atoms with Gasteiger partial charge in [-0.05, 0) is 31.5 Å². The van der Waals surface area contributed by atoms with Gasteiger partial charge in [0.05, 0.1) is 12.5 Å². The number of methoxy groups -OCH3 is 1. The van der Waals surface area contributed by atoms with Crippen LogP contribution in [-0.4, -0.2) is 22.2 Å². The maximum atomic E-state index is 5.24. The van der Waals surface area contributed by atoms with Crippen LogP contribution < -0.4 is 10.1 Å². The smallest absolute Gasteiger partial charge is 0.175 e. The van der Waals surface area contributed by atoms with Crippen LogP contribution in [0.2, 0.25) is 0 Å². The van der Waals surface area contributed by atoms with Crippen LogP contribution in [0.15, 0.2) is 40.2 Å². The second-order valence-corrected chi connectivity index (χ2v) is 6.48. The predicted molar refractivity (Wildman–Crippen MR) is 98.7 cm³/mol. The van der Waals surface area contributed by atoms with Crippen LogP contribution >= 0.6 is 11.3 Å². The zero-order chi connectivity index (χ0) is 17.4. The summed E-state index contributed by atoms with van der Waals surface area (Å²) < 4.78 is 10.4. The number of benzene rings is 1. The van der Waals surface area contributed by atoms with Crippen molar-refractivity contribution in [2.45, 2.75) is 13.8 Å². The monoisotopic (exact) mass is 352 g/mol. The maximum Gasteiger partial charge on any atom is 0.175 e. The summed E-state index contributed by atoms with van der Waals surface area (Å²) in [4.78, 5) is 10.1. The number of hydrogen-bond donors (Lipinski definition) is 1. The number of anilines is 2. The Balaban J connectivity index is 1.85. The summed E-state index contributed by atoms with van der Waals surface area (Å²) in [5.74, 6) is 3.63. The summed E-state index contributed by atoms with van der Waals surface area (Å²) in [6, 6.07) is 9.79. The molecule has 1 N–H and O–H groups in total. The lowest BCUT2D eigenvalue weighted by Crippen LogP contribution is -1.98. The Labute approximate surface area is 148 Å². The highest BCUT2D eigenvalue weighted by molar-refractivity contribution is 7.17. The van der Waals surface area contributed by atoms with Gasteiger partial charge < -0.3 is 14.6 Å². The number of nitrogens with zero attached hydrogens (tertiary/aromatic N) is 3. The van der Waals surface area contributed by atoms with E-state index in [1.165, 1.54) is 0 Å². The highest BCUT2D eigenvalue weighted by atomic mass is 32.1. The molecule has 0 fully saturated rings. The average Bonchev–Trinajstić information content (AvgIpc) is 3.21. The Kier molecular flexibility index (Phi) is 3.85. The van der Waals surface area contributed by atoms with Gasteiger partial charge in [-0.15, -0.1) is 11.3 Å². The molecule has 0 aliphatic carbocycles. The number of aromatic nitrogens is 3. The molecule has 4 rings (SSSR count). The van der Waals surface area contributed by atoms with Crippen molar-refractivity contribution in [2.75, 3.05) is 12.4 Å². The first-order valence-electron chi connectivity index (χ1n) is 7.74. The van der Waals surface area contributed by atoms with E-state index in [4.69, 9.17) is 9.26 Å². The van der Waals surface area contributed by atoms with Gasteiger partial charge in [0, 0.05) is 17.0 Å². The van der Waals surface area contributed by atoms with E-state index < -0.39 is 0 Å². The normalized spacial score (nSPS) is 11.0. The Morgan fingerprint density at radius 1 is 1.12 bits per heavy atom. The van der Waals surface area contributed by atoms with Gasteiger partial charge in [0.2, 0.25) is 0 Å². The van der Waals surface area contributed by atoms with Crippen molar-refractivity contribution in [3.05, 3.63) is 47.3 Å². The minimum Gasteiger partial charge on any atom is -0.497 e. The number of rotatable bonds is 4. The number of thiophene rings is 1. The Morgan fingerprint density at radius 2 is 1.92 bits per heavy atom. The first-order valence-corrected chi connectivity index (χ1v) is 8.62. The Hall–Kier alpha value is -2.93. The fourth-order valence-electron chi connectivity index (χ4n) is 2.67. The highest BCUT2D eigenvalue weighted by Crippen LogP contribution is 2.38. The molecule has 126 valence electrons. The van der Waals surface area contributed by atoms with Crippen molar-refractivity contribution in [3.63, 3.8) is 0 Å². The van der Waals surface area contributed by atoms with E-state index >= 15 is 0 Å². The molecule has 0 aliphatic heterocycles. The van der Waals surface area contributed by atoms with Crippen molar-refractivity contribution in [3.8, 4) is 16.9 Å². The second-order valence-electron chi connectivity index (χ2n) is 5.63. The van der Waals surface area contributed by atoms with Crippen LogP contribution in [0, 0.1) is 13.8 Å². The van der Waals surface area contributed by atoms with Gasteiger partial charge in [-0.1, -0.05) is 17.3 Å². The van der Waals surface area contributed by atoms with Crippen molar-refractivity contribution < 1.29 is 9.26 Å². The molecule has 0 saturated carbocycles. The molecule has 0 spiro atoms. The quantitative estimate of drug-likeness (QED) is 0.573. The Morgan fingerprint density at radius 3 is 2.60 bits per heavy atom. The van der Waals surface area contributed by atoms with Gasteiger partial charge in [0.25, 0.3) is 0 Å². The van der Waals surface area contributed by atoms with Gasteiger partial charge >= 0.3 is 0 Å². The van der Waals surface area contributed by atoms with Gasteiger partial charge in [-0.2, -0.15) is 0 Å². The molecular formula is C18H16N4O2S. The van der Waals surface area contributed by atoms with Gasteiger partial charge in [-0.3, -0.25) is 0 Å². The summed E-state index contributed by atoms with van der Waals surface area (Å²) in [6.07, 6.45) is 0. The van der Waals surface area contributed by atoms with Gasteiger partial charge in [0.1, 0.15) is 28.0 Å². The van der Waals surface area contributed by atoms with Crippen molar-refractivity contribution in [1.29, 1.82) is 0 Å². The zero-order valence-electron chi connectivity index (χ0n) is 14.0. The molecule has 3 aromatic heterocycles. The van der Waals surface area contributed by atoms with Crippen LogP contribution in [0.1, 0.15) is 11.6 Å². The van der Waals surface area contributed by atoms with E-state index in [1.54, 1.807) is 18.4 Å². The molecule has 0 aliphatic rings. The lowest BCUT2D eigenvalue weighted by molar-refractivity contribution is 0.400. The standard InChI is InChI=1S/C18H16N4O2S/c1-10-8-15(22-24-10)21-17-16-14(9-25-18(16)20-11(2)19-17)12-4-6-13(23-3)7-5-12/h4-9H,1-3H3,(H,19,20,21,22). The lowest BCUT2D eigenvalue weighted by Gasteiger charge is -2.08. The number of nitrogens with one attached hydrogen (secondary N) is 1. The Bertz CT molecular complexity index is 1040. The molecule has 4 aromatic rings. The van der Waals surface area contributed by atoms with E-state index in [9.17, 15) is 0 Å². The molecule has 7 heteroatoms. The molecule has 0 saturated heterocycles. The van der Waals surface area contributed by atoms with Crippen LogP contribution in [0.25, 0.3) is 21.3 Å². The van der Waals surface area contributed by atoms with Crippen molar-refractivity contribution in [2.24, 2.45) is 0 Å². The van der Waals surface area contributed by atoms with E-state index in [1.807, 2.05) is 44.2 Å². The predicted octanol–water partition coefficient (Wildman–Crippen LogP) is 4.72. The number of ether oxygens (including phenoxy) is 1. The lowest BCUT2D eigenvalue weighted by atomic mass is 10.1. The summed E-state index contributed by atoms with van der Waals surface area (Å²) in [5, 5.41) is 10.3. The summed E-state index contributed by atoms with van der Waals surface area (Å²) in [6.45, 7) is 3.73. The topological polar surface area (TPSA) is 73.1 Å². The molecule has 0 atom stereocenters. The summed E-state index contributed by atoms with van der Waals surface area (Å²) in [7, 11) is 1.66. The minimum atomic E-state index is 0.629. The SMILES string of the molecule is COc1ccc(-c2csc3nc(C)nc(Nc4cc(C)on4)c23)cc1. The summed E-state index contributed by atoms with van der Waals surface area (Å²) in [5.41, 5.74) is 2.16. The number of fused-ring (bicyclic) bond motifs is 1. The third kappa shape index (κ3) is 2.94. The molecule has 3 heterocycles. The highest BCUT2D eigenvalue weighted by Gasteiger charge is 2.15. The molecule has 0 radical (unpaired) electrons. The minimum absolute atomic E-state index is 0.629. The fraction of sp³-hybridized carbons (Fsp3) is 0.167. The van der Waals surface area contributed by atoms with Gasteiger partial charge in [0.15, 0.2) is 5.82 Å². The van der Waals surface area contributed by atoms with Crippen LogP contribution in [0.5, 0.6) is 5.75 Å². The molecule has 25 heavy (non-hydrogen) atoms. The average molecular weight is 352 g/mol. The van der Waals surface area contributed by atoms with E-state index in [0.717, 1.165) is 38.7 Å². The maximum absolute atomic E-state index is 5.24. The fourth-order valence-corrected chi connectivity index (χ4v) is 3.66. The molecular weight excluding hydrogens is 336 g/mol. The van der Waals surface area contributed by atoms with E-state index in [-0.39, 0.29) is 0 Å². The third-order valence-electron chi connectivity index (χ3n) is 3.82. The number of aryl methyl sites for hydroxylation is 2. The van der Waals surface area contributed by atoms with E-state index in [0.29, 0.717) is 11.6 Å². The molecule has 0 amide bonds. The first-order chi connectivity index (χ1) is 12.1. The third-order valence-corrected chi connectivity index (χ3v) is 4.69. The number of hydrogen-bond acceptors (Lipinski definition) is 7. The zero-order valence-corrected chi connectivity index (χ0v) is 14.8. The molecule has 0 bridgehead atoms. The van der Waals surface area contributed by atoms with Crippen molar-refractivity contribution >= 4 is 33.2 Å². The van der Waals surface area contributed by atoms with E-state index in [2.05, 4.69) is 25.8 Å². The summed E-state index contributed by atoms with van der Waals surface area (Å²) >= 11 is 1.60. The first kappa shape index (κ1) is 15.6. The molecule has 6 nitrogen and oxygen atoms in total. The molecule has 1 aromatic carbocycles. The second kappa shape index (κ2) is 6.18. The molecule has 0 unspecified atom stereocenters. The largest absolute Gasteiger partial charge is 0.497 e. The van der Waals surface area contributed by atoms with Crippen molar-refractivity contribution in [1.82, 2.24) is 15.1 Å². The van der Waals surface area contributed by atoms with Gasteiger partial charge in [-0.25, -0.2) is 9.97 Å². The van der Waals surface area contributed by atoms with Crippen LogP contribution in [-0.2, 0) is 0 Å². The van der Waals surface area contributed by atoms with Crippen LogP contribution in [0.4, 0.5) is 11.6 Å². The van der Waals surface area contributed by atoms with Crippen LogP contribution in [0.3, 0.4) is 0 Å².